The molecule has 0 aliphatic carbocycles. The van der Waals surface area contributed by atoms with Crippen molar-refractivity contribution < 1.29 is 33.2 Å². The van der Waals surface area contributed by atoms with Crippen LogP contribution in [-0.2, 0) is 27.4 Å². The van der Waals surface area contributed by atoms with Crippen molar-refractivity contribution in [3.8, 4) is 0 Å². The Morgan fingerprint density at radius 1 is 1.36 bits per heavy atom. The van der Waals surface area contributed by atoms with Crippen LogP contribution in [-0.4, -0.2) is 70.9 Å². The molecule has 0 spiro atoms. The van der Waals surface area contributed by atoms with Crippen molar-refractivity contribution in [3.63, 3.8) is 0 Å². The number of halogens is 2. The normalized spacial score (nSPS) is 22.5. The number of imide groups is 1. The molecule has 0 aromatic heterocycles. The Labute approximate surface area is 192 Å². The molecule has 4 rings (SSSR count). The van der Waals surface area contributed by atoms with E-state index in [1.807, 2.05) is 0 Å². The molecule has 2 saturated heterocycles. The van der Waals surface area contributed by atoms with Gasteiger partial charge in [-0.05, 0) is 12.5 Å². The molecule has 3 heterocycles. The minimum Gasteiger partial charge on any atom is -0.442 e. The highest BCUT2D eigenvalue weighted by Gasteiger charge is 2.42. The van der Waals surface area contributed by atoms with Crippen LogP contribution in [0.15, 0.2) is 6.07 Å². The number of carbonyl (C=O) groups is 4. The summed E-state index contributed by atoms with van der Waals surface area (Å²) in [6.45, 7) is 0.0802. The van der Waals surface area contributed by atoms with Gasteiger partial charge in [0.25, 0.3) is 11.9 Å². The van der Waals surface area contributed by atoms with Gasteiger partial charge in [-0.1, -0.05) is 11.6 Å². The van der Waals surface area contributed by atoms with Crippen molar-refractivity contribution in [1.82, 2.24) is 20.5 Å². The summed E-state index contributed by atoms with van der Waals surface area (Å²) in [5.74, 6) is -2.59. The smallest absolute Gasteiger partial charge is 0.407 e. The number of alkyl carbamates (subject to hydrolysis) is 1. The number of hydrogen-bond donors (Lipinski definition) is 2. The van der Waals surface area contributed by atoms with Gasteiger partial charge in [-0.2, -0.15) is 0 Å². The van der Waals surface area contributed by atoms with Crippen LogP contribution in [0.25, 0.3) is 0 Å². The lowest BCUT2D eigenvalue weighted by molar-refractivity contribution is -0.706. The Balaban J connectivity index is 1.41. The Morgan fingerprint density at radius 2 is 2.12 bits per heavy atom. The zero-order valence-electron chi connectivity index (χ0n) is 17.7. The van der Waals surface area contributed by atoms with E-state index in [1.165, 1.54) is 16.0 Å². The Bertz CT molecular complexity index is 1070. The summed E-state index contributed by atoms with van der Waals surface area (Å²) in [7, 11) is 1.63. The number of ether oxygens (including phenoxy) is 1. The van der Waals surface area contributed by atoms with Crippen molar-refractivity contribution in [1.29, 1.82) is 0 Å². The van der Waals surface area contributed by atoms with Gasteiger partial charge in [0.2, 0.25) is 11.8 Å². The molecule has 2 unspecified atom stereocenters. The van der Waals surface area contributed by atoms with Crippen molar-refractivity contribution in [2.24, 2.45) is 0 Å². The average Bonchev–Trinajstić information content (AvgIpc) is 3.28. The van der Waals surface area contributed by atoms with Crippen molar-refractivity contribution in [2.75, 3.05) is 20.2 Å². The zero-order chi connectivity index (χ0) is 23.9. The van der Waals surface area contributed by atoms with Crippen molar-refractivity contribution >= 4 is 35.4 Å². The molecule has 1 aromatic carbocycles. The fourth-order valence-electron chi connectivity index (χ4n) is 4.20. The second-order valence-electron chi connectivity index (χ2n) is 8.16. The van der Waals surface area contributed by atoms with E-state index in [0.29, 0.717) is 13.0 Å². The van der Waals surface area contributed by atoms with E-state index in [9.17, 15) is 24.1 Å². The number of nitroso groups, excluding NO2 is 1. The van der Waals surface area contributed by atoms with E-state index in [2.05, 4.69) is 10.6 Å². The molecule has 11 nitrogen and oxygen atoms in total. The lowest BCUT2D eigenvalue weighted by Gasteiger charge is -2.29. The molecule has 0 bridgehead atoms. The molecule has 3 aliphatic rings. The van der Waals surface area contributed by atoms with Gasteiger partial charge in [0, 0.05) is 42.1 Å². The predicted molar refractivity (Wildman–Crippen MR) is 110 cm³/mol. The molecule has 2 fully saturated rings. The summed E-state index contributed by atoms with van der Waals surface area (Å²) < 4.78 is 20.2. The minimum atomic E-state index is -0.898. The molecule has 0 radical (unpaired) electrons. The molecule has 13 heteroatoms. The first kappa shape index (κ1) is 22.9. The van der Waals surface area contributed by atoms with Crippen LogP contribution in [0, 0.1) is 10.7 Å². The number of carbonyl (C=O) groups excluding carboxylic acids is 4. The third kappa shape index (κ3) is 4.34. The van der Waals surface area contributed by atoms with E-state index < -0.39 is 41.7 Å². The summed E-state index contributed by atoms with van der Waals surface area (Å²) in [6, 6.07) is -0.0737. The maximum atomic E-state index is 15.2. The number of hydrazine groups is 1. The highest BCUT2D eigenvalue weighted by atomic mass is 35.5. The average molecular weight is 483 g/mol. The number of fused-ring (bicyclic) bond motifs is 1. The van der Waals surface area contributed by atoms with Gasteiger partial charge < -0.3 is 15.0 Å². The second kappa shape index (κ2) is 8.93. The number of hydrogen-bond acceptors (Lipinski definition) is 6. The van der Waals surface area contributed by atoms with Crippen LogP contribution in [0.5, 0.6) is 0 Å². The van der Waals surface area contributed by atoms with Crippen LogP contribution >= 0.6 is 11.6 Å². The number of nitrogens with one attached hydrogen (secondary N) is 2. The van der Waals surface area contributed by atoms with E-state index in [-0.39, 0.29) is 54.3 Å². The minimum absolute atomic E-state index is 0.0276. The first-order chi connectivity index (χ1) is 15.7. The van der Waals surface area contributed by atoms with E-state index >= 15 is 4.39 Å². The first-order valence-electron chi connectivity index (χ1n) is 10.4. The predicted octanol–water partition coefficient (Wildman–Crippen LogP) is 0.864. The fourth-order valence-corrected chi connectivity index (χ4v) is 4.49. The van der Waals surface area contributed by atoms with Gasteiger partial charge >= 0.3 is 6.09 Å². The van der Waals surface area contributed by atoms with E-state index in [1.54, 1.807) is 7.05 Å². The molecule has 1 aromatic rings. The van der Waals surface area contributed by atoms with Crippen LogP contribution < -0.4 is 10.6 Å². The molecule has 2 atom stereocenters. The SMILES string of the molecule is CN1CCC(COC(=O)NCc2cc(Cl)c3c(c2F)C(=O)N(C2CCC(=O)NC2=O)C3)[N+]1=O. The molecule has 4 amide bonds. The summed E-state index contributed by atoms with van der Waals surface area (Å²) >= 11 is 6.28. The van der Waals surface area contributed by atoms with Crippen LogP contribution in [0.2, 0.25) is 5.02 Å². The molecule has 2 N–H and O–H groups in total. The van der Waals surface area contributed by atoms with E-state index in [4.69, 9.17) is 16.3 Å². The summed E-state index contributed by atoms with van der Waals surface area (Å²) in [4.78, 5) is 62.2. The Kier molecular flexibility index (Phi) is 6.19. The van der Waals surface area contributed by atoms with Crippen molar-refractivity contribution in [3.05, 3.63) is 38.5 Å². The highest BCUT2D eigenvalue weighted by molar-refractivity contribution is 6.32. The third-order valence-electron chi connectivity index (χ3n) is 6.05. The standard InChI is InChI=1S/C20H21ClFN5O6/c1-25-5-4-11(27(25)32)9-33-20(31)23-7-10-6-13(21)12-8-26(19(30)16(12)17(10)22)14-2-3-15(28)24-18(14)29/h6,11,14H,2-5,7-9H2,1H3,(H-,23,24,28,29,31)/p+1. The Morgan fingerprint density at radius 3 is 2.79 bits per heavy atom. The topological polar surface area (TPSA) is 128 Å². The number of amides is 4. The number of piperidine rings is 1. The zero-order valence-corrected chi connectivity index (χ0v) is 18.5. The highest BCUT2D eigenvalue weighted by Crippen LogP contribution is 2.35. The van der Waals surface area contributed by atoms with Crippen LogP contribution in [0.1, 0.15) is 40.7 Å². The maximum Gasteiger partial charge on any atom is 0.407 e. The molecule has 33 heavy (non-hydrogen) atoms. The lowest BCUT2D eigenvalue weighted by Crippen LogP contribution is -2.52. The number of rotatable bonds is 5. The molecular weight excluding hydrogens is 461 g/mol. The third-order valence-corrected chi connectivity index (χ3v) is 6.38. The molecule has 176 valence electrons. The molecular formula is C20H22ClFN5O6+. The largest absolute Gasteiger partial charge is 0.442 e. The summed E-state index contributed by atoms with van der Waals surface area (Å²) in [5.41, 5.74) is -0.0373. The maximum absolute atomic E-state index is 15.2. The fraction of sp³-hybridized carbons (Fsp3) is 0.500. The lowest BCUT2D eigenvalue weighted by atomic mass is 10.0. The van der Waals surface area contributed by atoms with Gasteiger partial charge in [-0.25, -0.2) is 9.18 Å². The van der Waals surface area contributed by atoms with Gasteiger partial charge in [-0.3, -0.25) is 19.7 Å². The quantitative estimate of drug-likeness (QED) is 0.470. The first-order valence-corrected chi connectivity index (χ1v) is 10.8. The summed E-state index contributed by atoms with van der Waals surface area (Å²) in [5, 5.41) is 6.16. The van der Waals surface area contributed by atoms with Gasteiger partial charge in [0.1, 0.15) is 16.7 Å². The number of benzene rings is 1. The molecule has 0 saturated carbocycles. The summed E-state index contributed by atoms with van der Waals surface area (Å²) in [6.07, 6.45) is -0.0774. The van der Waals surface area contributed by atoms with Crippen LogP contribution in [0.3, 0.4) is 0 Å². The molecule has 3 aliphatic heterocycles. The Hall–Kier alpha value is -3.28. The van der Waals surface area contributed by atoms with E-state index in [0.717, 1.165) is 4.87 Å². The second-order valence-corrected chi connectivity index (χ2v) is 8.57. The monoisotopic (exact) mass is 482 g/mol. The van der Waals surface area contributed by atoms with Gasteiger partial charge in [-0.15, -0.1) is 5.01 Å². The van der Waals surface area contributed by atoms with Gasteiger partial charge in [0.05, 0.1) is 24.1 Å². The number of nitrogens with zero attached hydrogens (tertiary/aromatic N) is 3. The van der Waals surface area contributed by atoms with Crippen LogP contribution in [0.4, 0.5) is 9.18 Å². The van der Waals surface area contributed by atoms with Crippen molar-refractivity contribution in [2.45, 2.75) is 44.4 Å². The van der Waals surface area contributed by atoms with Gasteiger partial charge in [0.15, 0.2) is 6.61 Å².